The molecule has 1 rings (SSSR count). The monoisotopic (exact) mass is 273 g/mol. The number of benzene rings is 1. The van der Waals surface area contributed by atoms with Crippen molar-refractivity contribution in [2.75, 3.05) is 13.2 Å². The summed E-state index contributed by atoms with van der Waals surface area (Å²) >= 11 is 10.8. The van der Waals surface area contributed by atoms with Crippen molar-refractivity contribution in [3.05, 3.63) is 28.8 Å². The number of nitrogens with two attached hydrogens (primary N) is 1. The molecule has 1 aromatic rings. The van der Waals surface area contributed by atoms with E-state index in [1.165, 1.54) is 0 Å². The van der Waals surface area contributed by atoms with E-state index in [0.29, 0.717) is 27.9 Å². The van der Waals surface area contributed by atoms with E-state index in [0.717, 1.165) is 19.3 Å². The van der Waals surface area contributed by atoms with E-state index in [2.05, 4.69) is 0 Å². The average molecular weight is 274 g/mol. The summed E-state index contributed by atoms with van der Waals surface area (Å²) in [6.07, 6.45) is 2.60. The van der Waals surface area contributed by atoms with Gasteiger partial charge in [0, 0.05) is 11.6 Å². The minimum absolute atomic E-state index is 0.218. The first-order valence-electron chi connectivity index (χ1n) is 5.48. The van der Waals surface area contributed by atoms with Crippen molar-refractivity contribution in [3.8, 4) is 5.75 Å². The molecule has 3 nitrogen and oxygen atoms in total. The second-order valence-electron chi connectivity index (χ2n) is 3.64. The minimum Gasteiger partial charge on any atom is -0.493 e. The lowest BCUT2D eigenvalue weighted by Crippen LogP contribution is -2.12. The van der Waals surface area contributed by atoms with Crippen LogP contribution in [-0.2, 0) is 0 Å². The van der Waals surface area contributed by atoms with Crippen LogP contribution >= 0.6 is 23.8 Å². The number of aliphatic hydroxyl groups is 1. The van der Waals surface area contributed by atoms with E-state index in [1.807, 2.05) is 0 Å². The number of halogens is 1. The van der Waals surface area contributed by atoms with Gasteiger partial charge in [0.2, 0.25) is 0 Å². The van der Waals surface area contributed by atoms with Crippen molar-refractivity contribution in [1.82, 2.24) is 0 Å². The Morgan fingerprint density at radius 1 is 1.35 bits per heavy atom. The van der Waals surface area contributed by atoms with E-state index in [1.54, 1.807) is 18.2 Å². The largest absolute Gasteiger partial charge is 0.493 e. The van der Waals surface area contributed by atoms with Crippen LogP contribution in [0.25, 0.3) is 0 Å². The fourth-order valence-electron chi connectivity index (χ4n) is 1.39. The van der Waals surface area contributed by atoms with Crippen LogP contribution in [0.4, 0.5) is 0 Å². The van der Waals surface area contributed by atoms with E-state index < -0.39 is 0 Å². The third-order valence-corrected chi connectivity index (χ3v) is 2.72. The molecule has 0 aliphatic heterocycles. The molecule has 3 N–H and O–H groups in total. The van der Waals surface area contributed by atoms with Gasteiger partial charge in [-0.3, -0.25) is 0 Å². The minimum atomic E-state index is 0.218. The number of rotatable bonds is 7. The molecule has 17 heavy (non-hydrogen) atoms. The molecule has 0 saturated heterocycles. The lowest BCUT2D eigenvalue weighted by atomic mass is 10.2. The molecule has 0 unspecified atom stereocenters. The zero-order valence-electron chi connectivity index (χ0n) is 9.49. The maximum Gasteiger partial charge on any atom is 0.130 e. The predicted octanol–water partition coefficient (Wildman–Crippen LogP) is 2.52. The van der Waals surface area contributed by atoms with Crippen molar-refractivity contribution < 1.29 is 9.84 Å². The highest BCUT2D eigenvalue weighted by Crippen LogP contribution is 2.23. The Kier molecular flexibility index (Phi) is 6.26. The van der Waals surface area contributed by atoms with Gasteiger partial charge in [0.15, 0.2) is 0 Å². The van der Waals surface area contributed by atoms with Gasteiger partial charge in [0.25, 0.3) is 0 Å². The second-order valence-corrected chi connectivity index (χ2v) is 4.51. The normalized spacial score (nSPS) is 10.2. The molecular weight excluding hydrogens is 258 g/mol. The van der Waals surface area contributed by atoms with Crippen LogP contribution in [0.1, 0.15) is 24.8 Å². The highest BCUT2D eigenvalue weighted by molar-refractivity contribution is 7.80. The summed E-state index contributed by atoms with van der Waals surface area (Å²) in [4.78, 5) is 0.298. The third kappa shape index (κ3) is 4.89. The topological polar surface area (TPSA) is 55.5 Å². The maximum absolute atomic E-state index is 8.64. The SMILES string of the molecule is NC(=S)c1ccc(Cl)cc1OCCCCCO. The number of unbranched alkanes of at least 4 members (excludes halogenated alkanes) is 2. The van der Waals surface area contributed by atoms with E-state index in [-0.39, 0.29) is 6.61 Å². The van der Waals surface area contributed by atoms with Crippen LogP contribution < -0.4 is 10.5 Å². The molecule has 0 fully saturated rings. The lowest BCUT2D eigenvalue weighted by molar-refractivity contribution is 0.266. The summed E-state index contributed by atoms with van der Waals surface area (Å²) in [5.74, 6) is 0.619. The number of hydrogen-bond donors (Lipinski definition) is 2. The zero-order valence-corrected chi connectivity index (χ0v) is 11.1. The van der Waals surface area contributed by atoms with E-state index in [9.17, 15) is 0 Å². The van der Waals surface area contributed by atoms with Crippen LogP contribution in [0.2, 0.25) is 5.02 Å². The summed E-state index contributed by atoms with van der Waals surface area (Å²) in [7, 11) is 0. The highest BCUT2D eigenvalue weighted by Gasteiger charge is 2.07. The highest BCUT2D eigenvalue weighted by atomic mass is 35.5. The zero-order chi connectivity index (χ0) is 12.7. The van der Waals surface area contributed by atoms with Gasteiger partial charge in [-0.05, 0) is 37.5 Å². The summed E-state index contributed by atoms with van der Waals surface area (Å²) in [5.41, 5.74) is 6.29. The van der Waals surface area contributed by atoms with Crippen LogP contribution in [0, 0.1) is 0 Å². The number of hydrogen-bond acceptors (Lipinski definition) is 3. The van der Waals surface area contributed by atoms with Gasteiger partial charge >= 0.3 is 0 Å². The van der Waals surface area contributed by atoms with Gasteiger partial charge in [0.1, 0.15) is 10.7 Å². The first kappa shape index (κ1) is 14.2. The van der Waals surface area contributed by atoms with Crippen molar-refractivity contribution in [3.63, 3.8) is 0 Å². The third-order valence-electron chi connectivity index (χ3n) is 2.27. The summed E-state index contributed by atoms with van der Waals surface area (Å²) < 4.78 is 5.59. The van der Waals surface area contributed by atoms with Crippen molar-refractivity contribution >= 4 is 28.8 Å². The van der Waals surface area contributed by atoms with Crippen molar-refractivity contribution in [1.29, 1.82) is 0 Å². The van der Waals surface area contributed by atoms with Crippen LogP contribution in [0.15, 0.2) is 18.2 Å². The van der Waals surface area contributed by atoms with Gasteiger partial charge < -0.3 is 15.6 Å². The fraction of sp³-hybridized carbons (Fsp3) is 0.417. The first-order valence-corrected chi connectivity index (χ1v) is 6.27. The van der Waals surface area contributed by atoms with Gasteiger partial charge in [-0.1, -0.05) is 23.8 Å². The van der Waals surface area contributed by atoms with E-state index >= 15 is 0 Å². The maximum atomic E-state index is 8.64. The van der Waals surface area contributed by atoms with Gasteiger partial charge in [-0.25, -0.2) is 0 Å². The molecule has 5 heteroatoms. The molecule has 0 atom stereocenters. The van der Waals surface area contributed by atoms with Crippen LogP contribution in [0.5, 0.6) is 5.75 Å². The first-order chi connectivity index (χ1) is 8.15. The number of ether oxygens (including phenoxy) is 1. The molecular formula is C12H16ClNO2S. The standard InChI is InChI=1S/C12H16ClNO2S/c13-9-4-5-10(12(14)17)11(8-9)16-7-3-1-2-6-15/h4-5,8,15H,1-3,6-7H2,(H2,14,17). The molecule has 0 aliphatic rings. The molecule has 0 amide bonds. The second kappa shape index (κ2) is 7.48. The van der Waals surface area contributed by atoms with Crippen molar-refractivity contribution in [2.24, 2.45) is 5.73 Å². The molecule has 0 saturated carbocycles. The van der Waals surface area contributed by atoms with Crippen LogP contribution in [0.3, 0.4) is 0 Å². The summed E-state index contributed by atoms with van der Waals surface area (Å²) in [5, 5.41) is 9.24. The molecule has 0 heterocycles. The number of aliphatic hydroxyl groups excluding tert-OH is 1. The van der Waals surface area contributed by atoms with Crippen molar-refractivity contribution in [2.45, 2.75) is 19.3 Å². The molecule has 94 valence electrons. The smallest absolute Gasteiger partial charge is 0.130 e. The molecule has 0 spiro atoms. The Labute approximate surface area is 112 Å². The summed E-state index contributed by atoms with van der Waals surface area (Å²) in [6.45, 7) is 0.783. The Morgan fingerprint density at radius 3 is 2.76 bits per heavy atom. The quantitative estimate of drug-likeness (QED) is 0.592. The Morgan fingerprint density at radius 2 is 2.12 bits per heavy atom. The average Bonchev–Trinajstić information content (AvgIpc) is 2.28. The van der Waals surface area contributed by atoms with Gasteiger partial charge in [-0.15, -0.1) is 0 Å². The van der Waals surface area contributed by atoms with Gasteiger partial charge in [0.05, 0.1) is 12.2 Å². The molecule has 0 bridgehead atoms. The molecule has 0 aromatic heterocycles. The number of thiocarbonyl (C=S) groups is 1. The molecule has 0 radical (unpaired) electrons. The Balaban J connectivity index is 2.56. The Hall–Kier alpha value is -0.840. The van der Waals surface area contributed by atoms with Gasteiger partial charge in [-0.2, -0.15) is 0 Å². The predicted molar refractivity (Wildman–Crippen MR) is 73.8 cm³/mol. The fourth-order valence-corrected chi connectivity index (χ4v) is 1.72. The summed E-state index contributed by atoms with van der Waals surface area (Å²) in [6, 6.07) is 5.20. The molecule has 1 aromatic carbocycles. The van der Waals surface area contributed by atoms with E-state index in [4.69, 9.17) is 39.4 Å². The van der Waals surface area contributed by atoms with Crippen LogP contribution in [-0.4, -0.2) is 23.3 Å². The Bertz CT molecular complexity index is 385. The lowest BCUT2D eigenvalue weighted by Gasteiger charge is -2.10. The molecule has 0 aliphatic carbocycles.